The van der Waals surface area contributed by atoms with Crippen molar-refractivity contribution in [3.63, 3.8) is 0 Å². The Hall–Kier alpha value is -3.93. The Bertz CT molecular complexity index is 1300. The number of fused-ring (bicyclic) bond motifs is 1. The summed E-state index contributed by atoms with van der Waals surface area (Å²) in [4.78, 5) is 28.4. The molecule has 0 saturated heterocycles. The van der Waals surface area contributed by atoms with Crippen molar-refractivity contribution in [2.75, 3.05) is 17.3 Å². The van der Waals surface area contributed by atoms with Crippen LogP contribution in [0.15, 0.2) is 84.1 Å². The number of nitrogens with zero attached hydrogens (tertiary/aromatic N) is 1. The Morgan fingerprint density at radius 1 is 1.00 bits per heavy atom. The average molecular weight is 457 g/mol. The maximum absolute atomic E-state index is 13.8. The van der Waals surface area contributed by atoms with Gasteiger partial charge in [-0.25, -0.2) is 4.39 Å². The number of rotatable bonds is 3. The molecule has 1 amide bonds. The molecule has 1 heterocycles. The van der Waals surface area contributed by atoms with Gasteiger partial charge in [0.25, 0.3) is 0 Å². The van der Waals surface area contributed by atoms with Crippen LogP contribution in [0.3, 0.4) is 0 Å². The number of ketones is 1. The number of allylic oxidation sites excluding steroid dienone is 1. The van der Waals surface area contributed by atoms with Crippen LogP contribution in [0.4, 0.5) is 15.8 Å². The van der Waals surface area contributed by atoms with Crippen LogP contribution in [-0.4, -0.2) is 18.8 Å². The largest absolute Gasteiger partial charge is 0.497 e. The zero-order valence-electron chi connectivity index (χ0n) is 19.0. The molecule has 0 aromatic heterocycles. The van der Waals surface area contributed by atoms with Crippen LogP contribution < -0.4 is 15.0 Å². The molecule has 0 radical (unpaired) electrons. The normalized spacial score (nSPS) is 19.6. The molecule has 34 heavy (non-hydrogen) atoms. The van der Waals surface area contributed by atoms with Gasteiger partial charge in [-0.05, 0) is 59.9 Å². The third kappa shape index (κ3) is 3.85. The van der Waals surface area contributed by atoms with Crippen molar-refractivity contribution in [2.45, 2.75) is 31.7 Å². The van der Waals surface area contributed by atoms with Crippen LogP contribution in [0.25, 0.3) is 0 Å². The van der Waals surface area contributed by atoms with Crippen molar-refractivity contribution < 1.29 is 18.7 Å². The van der Waals surface area contributed by atoms with E-state index in [1.165, 1.54) is 19.1 Å². The van der Waals surface area contributed by atoms with Crippen molar-refractivity contribution in [1.29, 1.82) is 0 Å². The second kappa shape index (κ2) is 8.78. The number of hydrogen-bond acceptors (Lipinski definition) is 4. The first-order valence-corrected chi connectivity index (χ1v) is 11.3. The van der Waals surface area contributed by atoms with Gasteiger partial charge < -0.3 is 10.1 Å². The number of Topliss-reactive ketones (excluding diaryl/α,β-unsaturated/α-hetero) is 1. The predicted molar refractivity (Wildman–Crippen MR) is 129 cm³/mol. The van der Waals surface area contributed by atoms with Crippen molar-refractivity contribution in [1.82, 2.24) is 0 Å². The summed E-state index contributed by atoms with van der Waals surface area (Å²) in [5, 5.41) is 3.48. The average Bonchev–Trinajstić information content (AvgIpc) is 2.99. The van der Waals surface area contributed by atoms with Gasteiger partial charge in [0.05, 0.1) is 24.5 Å². The molecular weight excluding hydrogens is 431 g/mol. The number of carbonyl (C=O) groups is 2. The molecule has 2 aliphatic rings. The highest BCUT2D eigenvalue weighted by molar-refractivity contribution is 6.06. The summed E-state index contributed by atoms with van der Waals surface area (Å²) in [5.41, 5.74) is 4.50. The molecule has 5 nitrogen and oxygen atoms in total. The lowest BCUT2D eigenvalue weighted by Crippen LogP contribution is -2.37. The first-order valence-electron chi connectivity index (χ1n) is 11.3. The quantitative estimate of drug-likeness (QED) is 0.545. The van der Waals surface area contributed by atoms with Gasteiger partial charge in [-0.1, -0.05) is 36.4 Å². The summed E-state index contributed by atoms with van der Waals surface area (Å²) in [5.74, 6) is 0.122. The van der Waals surface area contributed by atoms with Gasteiger partial charge in [0.15, 0.2) is 5.78 Å². The lowest BCUT2D eigenvalue weighted by Gasteiger charge is -2.34. The molecular formula is C28H25FN2O3. The van der Waals surface area contributed by atoms with Gasteiger partial charge in [0.2, 0.25) is 5.91 Å². The van der Waals surface area contributed by atoms with Gasteiger partial charge in [0, 0.05) is 24.6 Å². The maximum atomic E-state index is 13.8. The number of carbonyl (C=O) groups excluding carboxylic acids is 2. The van der Waals surface area contributed by atoms with Crippen LogP contribution in [0.5, 0.6) is 5.75 Å². The molecule has 0 saturated carbocycles. The topological polar surface area (TPSA) is 58.6 Å². The Labute approximate surface area is 197 Å². The third-order valence-electron chi connectivity index (χ3n) is 6.58. The SMILES string of the molecule is COc1cccc([C@@H]2CC(=O)C3=C(C2)Nc2ccccc2N(C(C)=O)[C@@H]3c2ccc(F)cc2)c1. The molecule has 5 rings (SSSR count). The molecule has 1 N–H and O–H groups in total. The zero-order chi connectivity index (χ0) is 23.8. The Morgan fingerprint density at radius 2 is 1.76 bits per heavy atom. The molecule has 1 aliphatic carbocycles. The standard InChI is InChI=1S/C28H25FN2O3/c1-17(32)31-25-9-4-3-8-23(25)30-24-15-20(19-6-5-7-22(14-19)34-2)16-26(33)27(24)28(31)18-10-12-21(29)13-11-18/h3-14,20,28,30H,15-16H2,1-2H3/t20-,28+/m0/s1. The molecule has 6 heteroatoms. The molecule has 2 atom stereocenters. The van der Waals surface area contributed by atoms with E-state index >= 15 is 0 Å². The van der Waals surface area contributed by atoms with E-state index in [4.69, 9.17) is 4.74 Å². The van der Waals surface area contributed by atoms with Crippen LogP contribution in [0.2, 0.25) is 0 Å². The summed E-state index contributed by atoms with van der Waals surface area (Å²) in [6.45, 7) is 1.49. The van der Waals surface area contributed by atoms with Crippen LogP contribution in [0.1, 0.15) is 42.9 Å². The van der Waals surface area contributed by atoms with E-state index in [9.17, 15) is 14.0 Å². The summed E-state index contributed by atoms with van der Waals surface area (Å²) < 4.78 is 19.1. The number of halogens is 1. The van der Waals surface area contributed by atoms with Crippen LogP contribution in [-0.2, 0) is 9.59 Å². The highest BCUT2D eigenvalue weighted by Gasteiger charge is 2.40. The summed E-state index contributed by atoms with van der Waals surface area (Å²) >= 11 is 0. The van der Waals surface area contributed by atoms with Crippen molar-refractivity contribution in [2.24, 2.45) is 0 Å². The first kappa shape index (κ1) is 21.9. The molecule has 0 bridgehead atoms. The Morgan fingerprint density at radius 3 is 2.50 bits per heavy atom. The minimum Gasteiger partial charge on any atom is -0.497 e. The van der Waals surface area contributed by atoms with Gasteiger partial charge in [-0.3, -0.25) is 14.5 Å². The molecule has 0 spiro atoms. The fourth-order valence-corrected chi connectivity index (χ4v) is 5.03. The second-order valence-corrected chi connectivity index (χ2v) is 8.68. The van der Waals surface area contributed by atoms with Crippen molar-refractivity contribution in [3.05, 3.63) is 101 Å². The molecule has 3 aromatic rings. The van der Waals surface area contributed by atoms with Gasteiger partial charge >= 0.3 is 0 Å². The fraction of sp³-hybridized carbons (Fsp3) is 0.214. The molecule has 0 fully saturated rings. The number of anilines is 2. The fourth-order valence-electron chi connectivity index (χ4n) is 5.03. The molecule has 172 valence electrons. The monoisotopic (exact) mass is 456 g/mol. The molecule has 0 unspecified atom stereocenters. The lowest BCUT2D eigenvalue weighted by atomic mass is 9.78. The number of hydrogen-bond donors (Lipinski definition) is 1. The number of ether oxygens (including phenoxy) is 1. The number of benzene rings is 3. The number of para-hydroxylation sites is 2. The predicted octanol–water partition coefficient (Wildman–Crippen LogP) is 5.75. The summed E-state index contributed by atoms with van der Waals surface area (Å²) in [6.07, 6.45) is 0.916. The summed E-state index contributed by atoms with van der Waals surface area (Å²) in [7, 11) is 1.62. The zero-order valence-corrected chi connectivity index (χ0v) is 19.0. The van der Waals surface area contributed by atoms with Gasteiger partial charge in [-0.2, -0.15) is 0 Å². The van der Waals surface area contributed by atoms with Crippen LogP contribution in [0, 0.1) is 5.82 Å². The number of methoxy groups -OCH3 is 1. The van der Waals surface area contributed by atoms with Gasteiger partial charge in [0.1, 0.15) is 11.6 Å². The lowest BCUT2D eigenvalue weighted by molar-refractivity contribution is -0.117. The molecule has 1 aliphatic heterocycles. The van der Waals surface area contributed by atoms with E-state index in [-0.39, 0.29) is 23.4 Å². The van der Waals surface area contributed by atoms with Gasteiger partial charge in [-0.15, -0.1) is 0 Å². The number of nitrogens with one attached hydrogen (secondary N) is 1. The number of amides is 1. The van der Waals surface area contributed by atoms with Crippen molar-refractivity contribution >= 4 is 23.1 Å². The second-order valence-electron chi connectivity index (χ2n) is 8.68. The highest BCUT2D eigenvalue weighted by atomic mass is 19.1. The Kier molecular flexibility index (Phi) is 5.65. The Balaban J connectivity index is 1.68. The van der Waals surface area contributed by atoms with E-state index < -0.39 is 6.04 Å². The minimum absolute atomic E-state index is 0.0289. The van der Waals surface area contributed by atoms with E-state index in [1.54, 1.807) is 24.1 Å². The highest BCUT2D eigenvalue weighted by Crippen LogP contribution is 2.47. The van der Waals surface area contributed by atoms with Crippen LogP contribution >= 0.6 is 0 Å². The summed E-state index contributed by atoms with van der Waals surface area (Å²) in [6, 6.07) is 20.7. The maximum Gasteiger partial charge on any atom is 0.224 e. The van der Waals surface area contributed by atoms with E-state index in [0.717, 1.165) is 22.7 Å². The smallest absolute Gasteiger partial charge is 0.224 e. The molecule has 3 aromatic carbocycles. The van der Waals surface area contributed by atoms with E-state index in [1.807, 2.05) is 48.5 Å². The first-order chi connectivity index (χ1) is 16.5. The van der Waals surface area contributed by atoms with Crippen molar-refractivity contribution in [3.8, 4) is 5.75 Å². The van der Waals surface area contributed by atoms with E-state index in [2.05, 4.69) is 5.32 Å². The van der Waals surface area contributed by atoms with E-state index in [0.29, 0.717) is 29.7 Å². The minimum atomic E-state index is -0.650. The third-order valence-corrected chi connectivity index (χ3v) is 6.58.